The van der Waals surface area contributed by atoms with Crippen molar-refractivity contribution in [1.82, 2.24) is 10.2 Å². The maximum absolute atomic E-state index is 11.1. The first kappa shape index (κ1) is 13.3. The molecule has 0 saturated carbocycles. The Morgan fingerprint density at radius 2 is 1.95 bits per heavy atom. The first-order valence-electron chi connectivity index (χ1n) is 7.19. The third kappa shape index (κ3) is 2.62. The number of hydrogen-bond acceptors (Lipinski definition) is 5. The van der Waals surface area contributed by atoms with Crippen molar-refractivity contribution < 1.29 is 4.92 Å². The van der Waals surface area contributed by atoms with Crippen molar-refractivity contribution in [3.05, 3.63) is 34.4 Å². The zero-order valence-electron chi connectivity index (χ0n) is 11.5. The van der Waals surface area contributed by atoms with Gasteiger partial charge in [0, 0.05) is 51.4 Å². The molecule has 0 spiro atoms. The molecule has 2 aliphatic rings. The minimum absolute atomic E-state index is 0.216. The smallest absolute Gasteiger partial charge is 0.292 e. The molecule has 0 aliphatic carbocycles. The van der Waals surface area contributed by atoms with Crippen LogP contribution in [0.3, 0.4) is 0 Å². The van der Waals surface area contributed by atoms with Crippen molar-refractivity contribution in [3.8, 4) is 0 Å². The van der Waals surface area contributed by atoms with Gasteiger partial charge in [0.1, 0.15) is 5.69 Å². The van der Waals surface area contributed by atoms with E-state index < -0.39 is 0 Å². The van der Waals surface area contributed by atoms with E-state index in [1.54, 1.807) is 12.1 Å². The largest absolute Gasteiger partial charge is 0.364 e. The van der Waals surface area contributed by atoms with E-state index in [0.29, 0.717) is 6.04 Å². The van der Waals surface area contributed by atoms with Gasteiger partial charge >= 0.3 is 0 Å². The highest BCUT2D eigenvalue weighted by molar-refractivity contribution is 5.63. The van der Waals surface area contributed by atoms with Gasteiger partial charge < -0.3 is 10.2 Å². The second-order valence-electron chi connectivity index (χ2n) is 5.42. The van der Waals surface area contributed by atoms with Gasteiger partial charge in [-0.1, -0.05) is 12.1 Å². The van der Waals surface area contributed by atoms with E-state index in [1.807, 2.05) is 12.1 Å². The monoisotopic (exact) mass is 276 g/mol. The predicted octanol–water partition coefficient (Wildman–Crippen LogP) is 1.08. The Morgan fingerprint density at radius 3 is 2.70 bits per heavy atom. The summed E-state index contributed by atoms with van der Waals surface area (Å²) in [6, 6.07) is 7.58. The van der Waals surface area contributed by atoms with Gasteiger partial charge in [0.25, 0.3) is 5.69 Å². The number of nitro groups is 1. The molecular formula is C14H20N4O2. The van der Waals surface area contributed by atoms with Gasteiger partial charge in [0.05, 0.1) is 4.92 Å². The predicted molar refractivity (Wildman–Crippen MR) is 78.2 cm³/mol. The second kappa shape index (κ2) is 5.76. The van der Waals surface area contributed by atoms with E-state index in [-0.39, 0.29) is 10.6 Å². The highest BCUT2D eigenvalue weighted by atomic mass is 16.6. The molecule has 2 saturated heterocycles. The molecule has 1 atom stereocenters. The van der Waals surface area contributed by atoms with Crippen molar-refractivity contribution in [2.75, 3.05) is 44.2 Å². The van der Waals surface area contributed by atoms with E-state index in [2.05, 4.69) is 15.1 Å². The van der Waals surface area contributed by atoms with Crippen LogP contribution in [0.2, 0.25) is 0 Å². The molecular weight excluding hydrogens is 256 g/mol. The lowest BCUT2D eigenvalue weighted by Crippen LogP contribution is -2.49. The molecule has 0 amide bonds. The van der Waals surface area contributed by atoms with Gasteiger partial charge in [-0.25, -0.2) is 0 Å². The maximum Gasteiger partial charge on any atom is 0.292 e. The highest BCUT2D eigenvalue weighted by Crippen LogP contribution is 2.31. The molecule has 6 nitrogen and oxygen atoms in total. The first-order chi connectivity index (χ1) is 9.75. The fourth-order valence-corrected chi connectivity index (χ4v) is 3.19. The minimum Gasteiger partial charge on any atom is -0.364 e. The van der Waals surface area contributed by atoms with Crippen LogP contribution in [0.25, 0.3) is 0 Å². The molecule has 108 valence electrons. The number of nitrogens with one attached hydrogen (secondary N) is 1. The van der Waals surface area contributed by atoms with Gasteiger partial charge in [0.15, 0.2) is 0 Å². The van der Waals surface area contributed by atoms with E-state index in [0.717, 1.165) is 51.4 Å². The number of benzene rings is 1. The number of para-hydroxylation sites is 2. The Bertz CT molecular complexity index is 488. The summed E-state index contributed by atoms with van der Waals surface area (Å²) in [5.74, 6) is 0. The first-order valence-corrected chi connectivity index (χ1v) is 7.19. The van der Waals surface area contributed by atoms with Gasteiger partial charge in [-0.2, -0.15) is 0 Å². The topological polar surface area (TPSA) is 61.7 Å². The van der Waals surface area contributed by atoms with Crippen LogP contribution in [0.1, 0.15) is 6.42 Å². The zero-order valence-corrected chi connectivity index (χ0v) is 11.5. The molecule has 0 aromatic heterocycles. The average molecular weight is 276 g/mol. The van der Waals surface area contributed by atoms with E-state index in [9.17, 15) is 10.1 Å². The Morgan fingerprint density at radius 1 is 1.20 bits per heavy atom. The molecule has 1 unspecified atom stereocenters. The minimum atomic E-state index is -0.284. The van der Waals surface area contributed by atoms with E-state index >= 15 is 0 Å². The SMILES string of the molecule is O=[N+]([O-])c1ccccc1N1CCC(N2CCNCC2)C1. The average Bonchev–Trinajstić information content (AvgIpc) is 2.98. The van der Waals surface area contributed by atoms with Crippen LogP contribution in [-0.4, -0.2) is 55.1 Å². The number of rotatable bonds is 3. The summed E-state index contributed by atoms with van der Waals surface area (Å²) in [6.07, 6.45) is 1.09. The molecule has 3 rings (SSSR count). The Kier molecular flexibility index (Phi) is 3.84. The van der Waals surface area contributed by atoms with E-state index in [1.165, 1.54) is 0 Å². The molecule has 1 aromatic rings. The van der Waals surface area contributed by atoms with Crippen LogP contribution in [0.5, 0.6) is 0 Å². The van der Waals surface area contributed by atoms with Crippen molar-refractivity contribution in [2.45, 2.75) is 12.5 Å². The fourth-order valence-electron chi connectivity index (χ4n) is 3.19. The van der Waals surface area contributed by atoms with Crippen molar-refractivity contribution in [3.63, 3.8) is 0 Å². The molecule has 1 N–H and O–H groups in total. The highest BCUT2D eigenvalue weighted by Gasteiger charge is 2.31. The van der Waals surface area contributed by atoms with Gasteiger partial charge in [-0.05, 0) is 12.5 Å². The molecule has 0 radical (unpaired) electrons. The molecule has 2 fully saturated rings. The van der Waals surface area contributed by atoms with Crippen molar-refractivity contribution in [2.24, 2.45) is 0 Å². The summed E-state index contributed by atoms with van der Waals surface area (Å²) in [5.41, 5.74) is 0.976. The molecule has 0 bridgehead atoms. The lowest BCUT2D eigenvalue weighted by molar-refractivity contribution is -0.384. The van der Waals surface area contributed by atoms with Crippen LogP contribution in [-0.2, 0) is 0 Å². The van der Waals surface area contributed by atoms with Gasteiger partial charge in [-0.15, -0.1) is 0 Å². The van der Waals surface area contributed by atoms with Crippen LogP contribution < -0.4 is 10.2 Å². The summed E-state index contributed by atoms with van der Waals surface area (Å²) in [4.78, 5) is 15.5. The number of piperazine rings is 1. The summed E-state index contributed by atoms with van der Waals surface area (Å²) in [5, 5.41) is 14.5. The summed E-state index contributed by atoms with van der Waals surface area (Å²) < 4.78 is 0. The number of nitro benzene ring substituents is 1. The molecule has 2 heterocycles. The van der Waals surface area contributed by atoms with Crippen LogP contribution in [0, 0.1) is 10.1 Å². The van der Waals surface area contributed by atoms with Crippen LogP contribution in [0.15, 0.2) is 24.3 Å². The number of hydrogen-bond donors (Lipinski definition) is 1. The molecule has 2 aliphatic heterocycles. The Labute approximate surface area is 118 Å². The van der Waals surface area contributed by atoms with Gasteiger partial charge in [-0.3, -0.25) is 15.0 Å². The lowest BCUT2D eigenvalue weighted by atomic mass is 10.2. The Hall–Kier alpha value is -1.66. The molecule has 1 aromatic carbocycles. The summed E-state index contributed by atoms with van der Waals surface area (Å²) in [6.45, 7) is 6.04. The summed E-state index contributed by atoms with van der Waals surface area (Å²) in [7, 11) is 0. The third-order valence-electron chi connectivity index (χ3n) is 4.25. The standard InChI is InChI=1S/C14H20N4O2/c19-18(20)14-4-2-1-3-13(14)17-8-5-12(11-17)16-9-6-15-7-10-16/h1-4,12,15H,5-11H2. The van der Waals surface area contributed by atoms with E-state index in [4.69, 9.17) is 0 Å². The zero-order chi connectivity index (χ0) is 13.9. The lowest BCUT2D eigenvalue weighted by Gasteiger charge is -2.32. The maximum atomic E-state index is 11.1. The fraction of sp³-hybridized carbons (Fsp3) is 0.571. The normalized spacial score (nSPS) is 24.0. The number of anilines is 1. The summed E-state index contributed by atoms with van der Waals surface area (Å²) >= 11 is 0. The number of nitrogens with zero attached hydrogens (tertiary/aromatic N) is 3. The third-order valence-corrected chi connectivity index (χ3v) is 4.25. The van der Waals surface area contributed by atoms with Crippen molar-refractivity contribution >= 4 is 11.4 Å². The quantitative estimate of drug-likeness (QED) is 0.661. The van der Waals surface area contributed by atoms with Crippen LogP contribution >= 0.6 is 0 Å². The van der Waals surface area contributed by atoms with Gasteiger partial charge in [0.2, 0.25) is 0 Å². The van der Waals surface area contributed by atoms with Crippen molar-refractivity contribution in [1.29, 1.82) is 0 Å². The molecule has 6 heteroatoms. The van der Waals surface area contributed by atoms with Crippen LogP contribution in [0.4, 0.5) is 11.4 Å². The Balaban J connectivity index is 1.72. The second-order valence-corrected chi connectivity index (χ2v) is 5.42. The molecule has 20 heavy (non-hydrogen) atoms.